The summed E-state index contributed by atoms with van der Waals surface area (Å²) >= 11 is 0. The molecule has 3 heteroatoms. The molecule has 0 aliphatic heterocycles. The summed E-state index contributed by atoms with van der Waals surface area (Å²) in [6.07, 6.45) is 7.06. The smallest absolute Gasteiger partial charge is 0.305 e. The summed E-state index contributed by atoms with van der Waals surface area (Å²) in [6.45, 7) is 0. The van der Waals surface area contributed by atoms with Crippen LogP contribution in [0.3, 0.4) is 0 Å². The van der Waals surface area contributed by atoms with Crippen molar-refractivity contribution in [1.82, 2.24) is 0 Å². The van der Waals surface area contributed by atoms with Crippen molar-refractivity contribution in [2.75, 3.05) is 7.11 Å². The Morgan fingerprint density at radius 1 is 1.19 bits per heavy atom. The molecule has 4 atom stereocenters. The maximum atomic E-state index is 11.2. The number of esters is 1. The van der Waals surface area contributed by atoms with Crippen LogP contribution in [0.4, 0.5) is 0 Å². The summed E-state index contributed by atoms with van der Waals surface area (Å²) in [5.41, 5.74) is 0. The maximum absolute atomic E-state index is 11.2. The molecular weight excluding hydrogens is 204 g/mol. The standard InChI is InChI=1S/C13H22O3/c1-16-13(15)7-9-2-3-11-8-12(14)5-4-10(11)6-9/h9-12,14H,2-8H2,1H3. The van der Waals surface area contributed by atoms with E-state index in [9.17, 15) is 9.90 Å². The number of hydrogen-bond donors (Lipinski definition) is 1. The van der Waals surface area contributed by atoms with Gasteiger partial charge in [0.2, 0.25) is 0 Å². The molecule has 16 heavy (non-hydrogen) atoms. The Kier molecular flexibility index (Phi) is 3.85. The van der Waals surface area contributed by atoms with Gasteiger partial charge in [0.25, 0.3) is 0 Å². The van der Waals surface area contributed by atoms with Crippen LogP contribution >= 0.6 is 0 Å². The number of aliphatic hydroxyl groups is 1. The zero-order valence-corrected chi connectivity index (χ0v) is 10.0. The lowest BCUT2D eigenvalue weighted by molar-refractivity contribution is -0.142. The van der Waals surface area contributed by atoms with Gasteiger partial charge in [-0.25, -0.2) is 0 Å². The van der Waals surface area contributed by atoms with Gasteiger partial charge in [0.1, 0.15) is 0 Å². The molecule has 0 aromatic rings. The molecule has 2 aliphatic carbocycles. The summed E-state index contributed by atoms with van der Waals surface area (Å²) in [7, 11) is 1.46. The number of aliphatic hydroxyl groups excluding tert-OH is 1. The van der Waals surface area contributed by atoms with E-state index in [0.29, 0.717) is 18.3 Å². The Bertz CT molecular complexity index is 252. The fraction of sp³-hybridized carbons (Fsp3) is 0.923. The minimum absolute atomic E-state index is 0.0701. The molecule has 0 heterocycles. The highest BCUT2D eigenvalue weighted by Crippen LogP contribution is 2.43. The van der Waals surface area contributed by atoms with Crippen LogP contribution in [0, 0.1) is 17.8 Å². The molecule has 2 aliphatic rings. The monoisotopic (exact) mass is 226 g/mol. The van der Waals surface area contributed by atoms with Crippen molar-refractivity contribution >= 4 is 5.97 Å². The normalized spacial score (nSPS) is 38.9. The van der Waals surface area contributed by atoms with Crippen molar-refractivity contribution in [2.24, 2.45) is 17.8 Å². The SMILES string of the molecule is COC(=O)CC1CCC2CC(O)CCC2C1. The summed E-state index contributed by atoms with van der Waals surface area (Å²) < 4.78 is 4.73. The van der Waals surface area contributed by atoms with E-state index in [0.717, 1.165) is 38.0 Å². The number of carbonyl (C=O) groups excluding carboxylic acids is 1. The van der Waals surface area contributed by atoms with Gasteiger partial charge in [-0.3, -0.25) is 4.79 Å². The second-order valence-electron chi connectivity index (χ2n) is 5.45. The first-order valence-electron chi connectivity index (χ1n) is 6.44. The minimum Gasteiger partial charge on any atom is -0.469 e. The molecule has 0 amide bonds. The van der Waals surface area contributed by atoms with E-state index >= 15 is 0 Å². The first-order chi connectivity index (χ1) is 7.69. The highest BCUT2D eigenvalue weighted by atomic mass is 16.5. The fourth-order valence-electron chi connectivity index (χ4n) is 3.47. The lowest BCUT2D eigenvalue weighted by Crippen LogP contribution is -2.33. The molecule has 2 saturated carbocycles. The van der Waals surface area contributed by atoms with Crippen LogP contribution in [0.1, 0.15) is 44.9 Å². The Morgan fingerprint density at radius 3 is 2.62 bits per heavy atom. The van der Waals surface area contributed by atoms with Crippen LogP contribution < -0.4 is 0 Å². The molecule has 0 radical (unpaired) electrons. The lowest BCUT2D eigenvalue weighted by Gasteiger charge is -2.40. The Labute approximate surface area is 97.2 Å². The predicted octanol–water partition coefficient (Wildman–Crippen LogP) is 2.13. The topological polar surface area (TPSA) is 46.5 Å². The van der Waals surface area contributed by atoms with Crippen molar-refractivity contribution in [2.45, 2.75) is 51.0 Å². The van der Waals surface area contributed by atoms with Gasteiger partial charge in [-0.2, -0.15) is 0 Å². The van der Waals surface area contributed by atoms with Gasteiger partial charge < -0.3 is 9.84 Å². The molecule has 3 nitrogen and oxygen atoms in total. The van der Waals surface area contributed by atoms with E-state index in [1.165, 1.54) is 13.5 Å². The number of carbonyl (C=O) groups is 1. The molecule has 0 spiro atoms. The van der Waals surface area contributed by atoms with E-state index < -0.39 is 0 Å². The van der Waals surface area contributed by atoms with Gasteiger partial charge in [-0.15, -0.1) is 0 Å². The number of hydrogen-bond acceptors (Lipinski definition) is 3. The maximum Gasteiger partial charge on any atom is 0.305 e. The van der Waals surface area contributed by atoms with Gasteiger partial charge in [-0.1, -0.05) is 0 Å². The number of methoxy groups -OCH3 is 1. The van der Waals surface area contributed by atoms with Crippen LogP contribution in [-0.4, -0.2) is 24.3 Å². The second-order valence-corrected chi connectivity index (χ2v) is 5.45. The van der Waals surface area contributed by atoms with Crippen LogP contribution in [0.25, 0.3) is 0 Å². The Morgan fingerprint density at radius 2 is 1.88 bits per heavy atom. The first-order valence-corrected chi connectivity index (χ1v) is 6.44. The van der Waals surface area contributed by atoms with E-state index in [1.807, 2.05) is 0 Å². The third-order valence-electron chi connectivity index (χ3n) is 4.38. The third-order valence-corrected chi connectivity index (χ3v) is 4.38. The predicted molar refractivity (Wildman–Crippen MR) is 60.8 cm³/mol. The van der Waals surface area contributed by atoms with Crippen molar-refractivity contribution in [3.8, 4) is 0 Å². The van der Waals surface area contributed by atoms with Crippen LogP contribution in [0.15, 0.2) is 0 Å². The van der Waals surface area contributed by atoms with Crippen molar-refractivity contribution in [3.63, 3.8) is 0 Å². The molecule has 0 aromatic carbocycles. The highest BCUT2D eigenvalue weighted by Gasteiger charge is 2.35. The zero-order chi connectivity index (χ0) is 11.5. The van der Waals surface area contributed by atoms with Gasteiger partial charge in [0.15, 0.2) is 0 Å². The summed E-state index contributed by atoms with van der Waals surface area (Å²) in [4.78, 5) is 11.2. The van der Waals surface area contributed by atoms with Crippen LogP contribution in [0.2, 0.25) is 0 Å². The van der Waals surface area contributed by atoms with Gasteiger partial charge >= 0.3 is 5.97 Å². The molecule has 92 valence electrons. The second kappa shape index (κ2) is 5.17. The van der Waals surface area contributed by atoms with Crippen molar-refractivity contribution in [1.29, 1.82) is 0 Å². The van der Waals surface area contributed by atoms with Crippen molar-refractivity contribution < 1.29 is 14.6 Å². The Hall–Kier alpha value is -0.570. The quantitative estimate of drug-likeness (QED) is 0.734. The van der Waals surface area contributed by atoms with Gasteiger partial charge in [0, 0.05) is 6.42 Å². The largest absolute Gasteiger partial charge is 0.469 e. The first kappa shape index (κ1) is 11.9. The van der Waals surface area contributed by atoms with Crippen LogP contribution in [0.5, 0.6) is 0 Å². The summed E-state index contributed by atoms with van der Waals surface area (Å²) in [5.74, 6) is 1.90. The molecule has 0 saturated heterocycles. The molecule has 1 N–H and O–H groups in total. The molecule has 4 unspecified atom stereocenters. The fourth-order valence-corrected chi connectivity index (χ4v) is 3.47. The van der Waals surface area contributed by atoms with Crippen molar-refractivity contribution in [3.05, 3.63) is 0 Å². The molecular formula is C13H22O3. The molecule has 0 bridgehead atoms. The summed E-state index contributed by atoms with van der Waals surface area (Å²) in [6, 6.07) is 0. The highest BCUT2D eigenvalue weighted by molar-refractivity contribution is 5.69. The zero-order valence-electron chi connectivity index (χ0n) is 10.0. The van der Waals surface area contributed by atoms with E-state index in [1.54, 1.807) is 0 Å². The lowest BCUT2D eigenvalue weighted by atomic mass is 9.66. The summed E-state index contributed by atoms with van der Waals surface area (Å²) in [5, 5.41) is 9.62. The average Bonchev–Trinajstić information content (AvgIpc) is 2.29. The number of ether oxygens (including phenoxy) is 1. The Balaban J connectivity index is 1.83. The van der Waals surface area contributed by atoms with E-state index in [4.69, 9.17) is 4.74 Å². The minimum atomic E-state index is -0.0709. The van der Waals surface area contributed by atoms with E-state index in [-0.39, 0.29) is 12.1 Å². The molecule has 2 fully saturated rings. The molecule has 2 rings (SSSR count). The van der Waals surface area contributed by atoms with Crippen LogP contribution in [-0.2, 0) is 9.53 Å². The van der Waals surface area contributed by atoms with E-state index in [2.05, 4.69) is 0 Å². The molecule has 0 aromatic heterocycles. The van der Waals surface area contributed by atoms with Gasteiger partial charge in [0.05, 0.1) is 13.2 Å². The van der Waals surface area contributed by atoms with Gasteiger partial charge in [-0.05, 0) is 56.3 Å². The number of fused-ring (bicyclic) bond motifs is 1. The average molecular weight is 226 g/mol. The number of rotatable bonds is 2. The third kappa shape index (κ3) is 2.76.